The number of nitrogens with one attached hydrogen (secondary N) is 1. The Morgan fingerprint density at radius 1 is 1.22 bits per heavy atom. The molecule has 1 aliphatic rings. The van der Waals surface area contributed by atoms with Crippen molar-refractivity contribution in [3.05, 3.63) is 35.4 Å². The first-order valence-corrected chi connectivity index (χ1v) is 8.30. The van der Waals surface area contributed by atoms with Crippen LogP contribution in [0.5, 0.6) is 0 Å². The van der Waals surface area contributed by atoms with Crippen molar-refractivity contribution in [2.45, 2.75) is 40.5 Å². The number of amides is 1. The van der Waals surface area contributed by atoms with Crippen molar-refractivity contribution in [3.8, 4) is 0 Å². The van der Waals surface area contributed by atoms with E-state index in [-0.39, 0.29) is 17.5 Å². The highest BCUT2D eigenvalue weighted by molar-refractivity contribution is 7.80. The zero-order valence-electron chi connectivity index (χ0n) is 14.0. The summed E-state index contributed by atoms with van der Waals surface area (Å²) in [6, 6.07) is 6.73. The van der Waals surface area contributed by atoms with Crippen LogP contribution >= 0.6 is 12.2 Å². The van der Waals surface area contributed by atoms with Crippen LogP contribution in [0.25, 0.3) is 0 Å². The molecule has 0 saturated carbocycles. The van der Waals surface area contributed by atoms with Gasteiger partial charge in [0.05, 0.1) is 4.99 Å². The number of benzene rings is 1. The second kappa shape index (κ2) is 8.67. The first-order valence-electron chi connectivity index (χ1n) is 7.89. The molecule has 1 aromatic carbocycles. The molecule has 0 bridgehead atoms. The quantitative estimate of drug-likeness (QED) is 0.675. The molecular weight excluding hydrogens is 310 g/mol. The number of thiocarbonyl (C=S) groups is 1. The summed E-state index contributed by atoms with van der Waals surface area (Å²) in [7, 11) is 0. The highest BCUT2D eigenvalue weighted by atomic mass is 32.1. The van der Waals surface area contributed by atoms with Gasteiger partial charge < -0.3 is 5.32 Å². The Morgan fingerprint density at radius 2 is 1.78 bits per heavy atom. The molecule has 2 rings (SSSR count). The third-order valence-corrected chi connectivity index (χ3v) is 4.18. The number of piperidine rings is 1. The van der Waals surface area contributed by atoms with Crippen LogP contribution in [0.1, 0.15) is 61.3 Å². The van der Waals surface area contributed by atoms with Gasteiger partial charge in [0.2, 0.25) is 5.91 Å². The molecule has 124 valence electrons. The van der Waals surface area contributed by atoms with Gasteiger partial charge in [-0.15, -0.1) is 0 Å². The Labute approximate surface area is 142 Å². The smallest absolute Gasteiger partial charge is 0.228 e. The van der Waals surface area contributed by atoms with E-state index in [2.05, 4.69) is 5.32 Å². The maximum Gasteiger partial charge on any atom is 0.228 e. The number of hydrogen-bond acceptors (Lipinski definition) is 4. The highest BCUT2D eigenvalue weighted by Gasteiger charge is 2.34. The van der Waals surface area contributed by atoms with E-state index in [1.54, 1.807) is 31.2 Å². The molecule has 1 heterocycles. The second-order valence-electron chi connectivity index (χ2n) is 5.31. The Kier molecular flexibility index (Phi) is 7.23. The summed E-state index contributed by atoms with van der Waals surface area (Å²) in [5, 5.41) is 2.63. The second-order valence-corrected chi connectivity index (χ2v) is 5.81. The van der Waals surface area contributed by atoms with Crippen LogP contribution in [0.15, 0.2) is 24.3 Å². The predicted octanol–water partition coefficient (Wildman–Crippen LogP) is 3.59. The van der Waals surface area contributed by atoms with Gasteiger partial charge in [-0.05, 0) is 19.8 Å². The van der Waals surface area contributed by atoms with Crippen molar-refractivity contribution < 1.29 is 14.4 Å². The van der Waals surface area contributed by atoms with E-state index in [9.17, 15) is 14.4 Å². The summed E-state index contributed by atoms with van der Waals surface area (Å²) in [6.45, 7) is 7.17. The maximum atomic E-state index is 12.6. The van der Waals surface area contributed by atoms with E-state index >= 15 is 0 Å². The number of carbonyl (C=O) groups excluding carboxylic acids is 3. The molecule has 2 unspecified atom stereocenters. The maximum absolute atomic E-state index is 12.6. The standard InChI is InChI=1S/C16H17NO3S.C2H6/c1-9(11-7-8-14(21)17-16(11)20)15(19)13-6-4-3-5-12(13)10(2)18;1-2/h3-6,9,11H,7-8H2,1-2H3,(H,17,20,21);1-2H3. The van der Waals surface area contributed by atoms with Gasteiger partial charge in [-0.2, -0.15) is 0 Å². The minimum absolute atomic E-state index is 0.152. The van der Waals surface area contributed by atoms with Gasteiger partial charge in [-0.25, -0.2) is 0 Å². The van der Waals surface area contributed by atoms with Crippen molar-refractivity contribution in [1.82, 2.24) is 5.32 Å². The van der Waals surface area contributed by atoms with Crippen LogP contribution in [0.4, 0.5) is 0 Å². The average Bonchev–Trinajstić information content (AvgIpc) is 2.55. The highest BCUT2D eigenvalue weighted by Crippen LogP contribution is 2.26. The SMILES string of the molecule is CC.CC(=O)c1ccccc1C(=O)C(C)C1CCC(=S)NC1=O. The third-order valence-electron chi connectivity index (χ3n) is 3.87. The first kappa shape index (κ1) is 19.2. The number of carbonyl (C=O) groups is 3. The molecule has 0 aromatic heterocycles. The molecule has 0 radical (unpaired) electrons. The summed E-state index contributed by atoms with van der Waals surface area (Å²) in [5.41, 5.74) is 0.791. The lowest BCUT2D eigenvalue weighted by molar-refractivity contribution is -0.125. The van der Waals surface area contributed by atoms with Crippen LogP contribution in [0, 0.1) is 11.8 Å². The minimum Gasteiger partial charge on any atom is -0.320 e. The molecule has 1 aliphatic heterocycles. The molecule has 2 atom stereocenters. The summed E-state index contributed by atoms with van der Waals surface area (Å²) in [5.74, 6) is -1.40. The Morgan fingerprint density at radius 3 is 2.30 bits per heavy atom. The van der Waals surface area contributed by atoms with Crippen LogP contribution in [0.2, 0.25) is 0 Å². The molecule has 5 heteroatoms. The van der Waals surface area contributed by atoms with Crippen molar-refractivity contribution in [2.24, 2.45) is 11.8 Å². The normalized spacial score (nSPS) is 18.3. The van der Waals surface area contributed by atoms with E-state index < -0.39 is 11.8 Å². The van der Waals surface area contributed by atoms with Gasteiger partial charge in [0, 0.05) is 23.0 Å². The minimum atomic E-state index is -0.478. The number of rotatable bonds is 4. The van der Waals surface area contributed by atoms with Gasteiger partial charge in [-0.1, -0.05) is 57.3 Å². The van der Waals surface area contributed by atoms with E-state index in [4.69, 9.17) is 12.2 Å². The Bertz CT molecular complexity index is 624. The molecule has 1 fully saturated rings. The van der Waals surface area contributed by atoms with Gasteiger partial charge in [-0.3, -0.25) is 14.4 Å². The van der Waals surface area contributed by atoms with Gasteiger partial charge in [0.1, 0.15) is 0 Å². The lowest BCUT2D eigenvalue weighted by atomic mass is 9.81. The molecule has 4 nitrogen and oxygen atoms in total. The van der Waals surface area contributed by atoms with Gasteiger partial charge in [0.25, 0.3) is 0 Å². The largest absolute Gasteiger partial charge is 0.320 e. The predicted molar refractivity (Wildman–Crippen MR) is 94.8 cm³/mol. The molecule has 1 saturated heterocycles. The molecule has 1 N–H and O–H groups in total. The van der Waals surface area contributed by atoms with Crippen molar-refractivity contribution in [3.63, 3.8) is 0 Å². The fourth-order valence-electron chi connectivity index (χ4n) is 2.62. The number of Topliss-reactive ketones (excluding diaryl/α,β-unsaturated/α-hetero) is 2. The van der Waals surface area contributed by atoms with E-state index in [1.807, 2.05) is 13.8 Å². The zero-order chi connectivity index (χ0) is 17.6. The molecule has 23 heavy (non-hydrogen) atoms. The van der Waals surface area contributed by atoms with Gasteiger partial charge >= 0.3 is 0 Å². The van der Waals surface area contributed by atoms with E-state index in [0.29, 0.717) is 29.0 Å². The molecule has 0 aliphatic carbocycles. The molecular formula is C18H23NO3S. The third kappa shape index (κ3) is 4.55. The molecule has 1 amide bonds. The lowest BCUT2D eigenvalue weighted by Crippen LogP contribution is -2.44. The fraction of sp³-hybridized carbons (Fsp3) is 0.444. The summed E-state index contributed by atoms with van der Waals surface area (Å²) < 4.78 is 0. The van der Waals surface area contributed by atoms with E-state index in [0.717, 1.165) is 0 Å². The number of ketones is 2. The fourth-order valence-corrected chi connectivity index (χ4v) is 2.84. The van der Waals surface area contributed by atoms with Gasteiger partial charge in [0.15, 0.2) is 11.6 Å². The van der Waals surface area contributed by atoms with Crippen molar-refractivity contribution >= 4 is 34.7 Å². The van der Waals surface area contributed by atoms with Crippen LogP contribution in [-0.2, 0) is 4.79 Å². The lowest BCUT2D eigenvalue weighted by Gasteiger charge is -2.27. The van der Waals surface area contributed by atoms with Crippen molar-refractivity contribution in [2.75, 3.05) is 0 Å². The monoisotopic (exact) mass is 333 g/mol. The zero-order valence-corrected chi connectivity index (χ0v) is 14.8. The van der Waals surface area contributed by atoms with Crippen molar-refractivity contribution in [1.29, 1.82) is 0 Å². The number of hydrogen-bond donors (Lipinski definition) is 1. The Balaban J connectivity index is 0.00000127. The van der Waals surface area contributed by atoms with Crippen LogP contribution < -0.4 is 5.32 Å². The average molecular weight is 333 g/mol. The van der Waals surface area contributed by atoms with Crippen LogP contribution in [0.3, 0.4) is 0 Å². The van der Waals surface area contributed by atoms with E-state index in [1.165, 1.54) is 6.92 Å². The summed E-state index contributed by atoms with van der Waals surface area (Å²) >= 11 is 4.97. The molecule has 0 spiro atoms. The summed E-state index contributed by atoms with van der Waals surface area (Å²) in [4.78, 5) is 36.8. The molecule has 1 aromatic rings. The Hall–Kier alpha value is -1.88. The first-order chi connectivity index (χ1) is 10.9. The topological polar surface area (TPSA) is 63.2 Å². The van der Waals surface area contributed by atoms with Crippen LogP contribution in [-0.4, -0.2) is 22.5 Å². The summed E-state index contributed by atoms with van der Waals surface area (Å²) in [6.07, 6.45) is 1.18.